The van der Waals surface area contributed by atoms with Crippen LogP contribution in [0.3, 0.4) is 0 Å². The van der Waals surface area contributed by atoms with Gasteiger partial charge in [0.1, 0.15) is 5.75 Å². The van der Waals surface area contributed by atoms with E-state index in [4.69, 9.17) is 21.1 Å². The van der Waals surface area contributed by atoms with E-state index in [0.29, 0.717) is 18.8 Å². The summed E-state index contributed by atoms with van der Waals surface area (Å²) in [6, 6.07) is 10.5. The Hall–Kier alpha value is -2.62. The number of rotatable bonds is 7. The van der Waals surface area contributed by atoms with Crippen molar-refractivity contribution in [3.63, 3.8) is 0 Å². The van der Waals surface area contributed by atoms with Gasteiger partial charge in [-0.05, 0) is 56.2 Å². The number of methoxy groups -OCH3 is 1. The van der Waals surface area contributed by atoms with Crippen LogP contribution in [0.1, 0.15) is 36.5 Å². The molecule has 0 spiro atoms. The lowest BCUT2D eigenvalue weighted by molar-refractivity contribution is -0.123. The predicted molar refractivity (Wildman–Crippen MR) is 121 cm³/mol. The number of hydrogen-bond donors (Lipinski definition) is 1. The van der Waals surface area contributed by atoms with E-state index >= 15 is 0 Å². The number of benzene rings is 2. The summed E-state index contributed by atoms with van der Waals surface area (Å²) in [4.78, 5) is 25.0. The summed E-state index contributed by atoms with van der Waals surface area (Å²) in [6.07, 6.45) is 1.48. The van der Waals surface area contributed by atoms with Gasteiger partial charge in [-0.2, -0.15) is 4.31 Å². The summed E-state index contributed by atoms with van der Waals surface area (Å²) in [5.41, 5.74) is 0.357. The number of carbonyl (C=O) groups excluding carboxylic acids is 2. The van der Waals surface area contributed by atoms with E-state index in [0.717, 1.165) is 19.3 Å². The standard InChI is InChI=1S/C22H25ClN2O6S/c1-15(31-22(27)16-7-6-8-17(13-16)30-2)21(26)24-20-14-18(9-10-19(20)23)32(28,29)25-11-4-3-5-12-25/h6-10,13-15H,3-5,11-12H2,1-2H3,(H,24,26). The molecule has 1 aliphatic rings. The van der Waals surface area contributed by atoms with Crippen molar-refractivity contribution >= 4 is 39.2 Å². The maximum absolute atomic E-state index is 12.9. The number of ether oxygens (including phenoxy) is 2. The molecule has 2 aromatic carbocycles. The first kappa shape index (κ1) is 24.0. The third-order valence-electron chi connectivity index (χ3n) is 5.11. The number of anilines is 1. The monoisotopic (exact) mass is 480 g/mol. The minimum Gasteiger partial charge on any atom is -0.497 e. The van der Waals surface area contributed by atoms with E-state index < -0.39 is 28.0 Å². The van der Waals surface area contributed by atoms with Crippen LogP contribution in [0.15, 0.2) is 47.4 Å². The van der Waals surface area contributed by atoms with Gasteiger partial charge in [0.2, 0.25) is 10.0 Å². The second kappa shape index (κ2) is 10.3. The summed E-state index contributed by atoms with van der Waals surface area (Å²) in [5, 5.41) is 2.72. The lowest BCUT2D eigenvalue weighted by Gasteiger charge is -2.26. The number of hydrogen-bond acceptors (Lipinski definition) is 6. The fourth-order valence-corrected chi connectivity index (χ4v) is 4.99. The molecule has 3 rings (SSSR count). The SMILES string of the molecule is COc1cccc(C(=O)OC(C)C(=O)Nc2cc(S(=O)(=O)N3CCCCC3)ccc2Cl)c1. The molecule has 32 heavy (non-hydrogen) atoms. The van der Waals surface area contributed by atoms with Crippen LogP contribution >= 0.6 is 11.6 Å². The largest absolute Gasteiger partial charge is 0.497 e. The topological polar surface area (TPSA) is 102 Å². The lowest BCUT2D eigenvalue weighted by Crippen LogP contribution is -2.35. The quantitative estimate of drug-likeness (QED) is 0.606. The Labute approximate surface area is 192 Å². The first-order chi connectivity index (χ1) is 15.2. The molecule has 8 nitrogen and oxygen atoms in total. The number of amides is 1. The van der Waals surface area contributed by atoms with Gasteiger partial charge >= 0.3 is 5.97 Å². The third-order valence-corrected chi connectivity index (χ3v) is 7.33. The molecule has 0 radical (unpaired) electrons. The van der Waals surface area contributed by atoms with Crippen molar-refractivity contribution in [3.05, 3.63) is 53.1 Å². The van der Waals surface area contributed by atoms with E-state index in [1.165, 1.54) is 42.6 Å². The average molecular weight is 481 g/mol. The summed E-state index contributed by atoms with van der Waals surface area (Å²) in [6.45, 7) is 2.34. The van der Waals surface area contributed by atoms with Crippen molar-refractivity contribution in [1.82, 2.24) is 4.31 Å². The van der Waals surface area contributed by atoms with Crippen LogP contribution in [-0.4, -0.2) is 50.9 Å². The van der Waals surface area contributed by atoms with Crippen molar-refractivity contribution in [3.8, 4) is 5.75 Å². The lowest BCUT2D eigenvalue weighted by atomic mass is 10.2. The Morgan fingerprint density at radius 3 is 2.50 bits per heavy atom. The van der Waals surface area contributed by atoms with Gasteiger partial charge in [0.15, 0.2) is 6.10 Å². The van der Waals surface area contributed by atoms with Crippen LogP contribution in [-0.2, 0) is 19.6 Å². The molecule has 1 amide bonds. The predicted octanol–water partition coefficient (Wildman–Crippen LogP) is 3.71. The molecule has 0 aromatic heterocycles. The second-order valence-corrected chi connectivity index (χ2v) is 9.72. The van der Waals surface area contributed by atoms with Crippen LogP contribution in [0.5, 0.6) is 5.75 Å². The molecule has 1 heterocycles. The summed E-state index contributed by atoms with van der Waals surface area (Å²) >= 11 is 6.17. The molecule has 1 fully saturated rings. The maximum Gasteiger partial charge on any atom is 0.339 e. The smallest absolute Gasteiger partial charge is 0.339 e. The summed E-state index contributed by atoms with van der Waals surface area (Å²) < 4.78 is 37.6. The normalized spacial score (nSPS) is 15.6. The van der Waals surface area contributed by atoms with Gasteiger partial charge in [-0.15, -0.1) is 0 Å². The molecule has 1 atom stereocenters. The van der Waals surface area contributed by atoms with Crippen molar-refractivity contribution in [1.29, 1.82) is 0 Å². The Morgan fingerprint density at radius 2 is 1.81 bits per heavy atom. The second-order valence-electron chi connectivity index (χ2n) is 7.38. The maximum atomic E-state index is 12.9. The van der Waals surface area contributed by atoms with Crippen LogP contribution in [0.4, 0.5) is 5.69 Å². The Morgan fingerprint density at radius 1 is 1.09 bits per heavy atom. The molecule has 1 aliphatic heterocycles. The fraction of sp³-hybridized carbons (Fsp3) is 0.364. The van der Waals surface area contributed by atoms with E-state index in [-0.39, 0.29) is 21.2 Å². The van der Waals surface area contributed by atoms with Crippen molar-refractivity contribution < 1.29 is 27.5 Å². The van der Waals surface area contributed by atoms with Gasteiger partial charge in [0.05, 0.1) is 28.3 Å². The van der Waals surface area contributed by atoms with Gasteiger partial charge in [-0.3, -0.25) is 4.79 Å². The molecule has 1 N–H and O–H groups in total. The van der Waals surface area contributed by atoms with Gasteiger partial charge in [0, 0.05) is 13.1 Å². The van der Waals surface area contributed by atoms with Crippen molar-refractivity contribution in [2.75, 3.05) is 25.5 Å². The fourth-order valence-electron chi connectivity index (χ4n) is 3.28. The number of nitrogens with zero attached hydrogens (tertiary/aromatic N) is 1. The van der Waals surface area contributed by atoms with Crippen LogP contribution < -0.4 is 10.1 Å². The number of carbonyl (C=O) groups is 2. The zero-order chi connectivity index (χ0) is 23.3. The number of sulfonamides is 1. The molecule has 10 heteroatoms. The molecule has 0 saturated carbocycles. The van der Waals surface area contributed by atoms with E-state index in [1.807, 2.05) is 0 Å². The minimum atomic E-state index is -3.69. The average Bonchev–Trinajstić information content (AvgIpc) is 2.80. The first-order valence-electron chi connectivity index (χ1n) is 10.2. The number of esters is 1. The Balaban J connectivity index is 1.71. The number of halogens is 1. The highest BCUT2D eigenvalue weighted by Crippen LogP contribution is 2.28. The molecule has 1 unspecified atom stereocenters. The van der Waals surface area contributed by atoms with E-state index in [1.54, 1.807) is 18.2 Å². The highest BCUT2D eigenvalue weighted by Gasteiger charge is 2.27. The number of nitrogens with one attached hydrogen (secondary N) is 1. The van der Waals surface area contributed by atoms with Gasteiger partial charge in [-0.25, -0.2) is 13.2 Å². The molecule has 172 valence electrons. The van der Waals surface area contributed by atoms with Gasteiger partial charge in [-0.1, -0.05) is 24.1 Å². The molecule has 1 saturated heterocycles. The minimum absolute atomic E-state index is 0.0418. The van der Waals surface area contributed by atoms with Gasteiger partial charge < -0.3 is 14.8 Å². The van der Waals surface area contributed by atoms with Crippen molar-refractivity contribution in [2.45, 2.75) is 37.2 Å². The zero-order valence-corrected chi connectivity index (χ0v) is 19.4. The van der Waals surface area contributed by atoms with Gasteiger partial charge in [0.25, 0.3) is 5.91 Å². The Kier molecular flexibility index (Phi) is 7.76. The summed E-state index contributed by atoms with van der Waals surface area (Å²) in [5.74, 6) is -0.857. The highest BCUT2D eigenvalue weighted by atomic mass is 35.5. The molecular weight excluding hydrogens is 456 g/mol. The van der Waals surface area contributed by atoms with Crippen molar-refractivity contribution in [2.24, 2.45) is 0 Å². The zero-order valence-electron chi connectivity index (χ0n) is 17.8. The molecular formula is C22H25ClN2O6S. The van der Waals surface area contributed by atoms with Crippen LogP contribution in [0.25, 0.3) is 0 Å². The third kappa shape index (κ3) is 5.59. The molecule has 0 aliphatic carbocycles. The van der Waals surface area contributed by atoms with Crippen LogP contribution in [0.2, 0.25) is 5.02 Å². The molecule has 2 aromatic rings. The Bertz CT molecular complexity index is 1100. The first-order valence-corrected chi connectivity index (χ1v) is 12.0. The van der Waals surface area contributed by atoms with E-state index in [2.05, 4.69) is 5.32 Å². The number of piperidine rings is 1. The highest BCUT2D eigenvalue weighted by molar-refractivity contribution is 7.89. The van der Waals surface area contributed by atoms with Crippen LogP contribution in [0, 0.1) is 0 Å². The summed E-state index contributed by atoms with van der Waals surface area (Å²) in [7, 11) is -2.22. The molecule has 0 bridgehead atoms. The van der Waals surface area contributed by atoms with E-state index in [9.17, 15) is 18.0 Å².